The Kier molecular flexibility index (Phi) is 5.55. The second kappa shape index (κ2) is 5.96. The summed E-state index contributed by atoms with van der Waals surface area (Å²) >= 11 is 0. The van der Waals surface area contributed by atoms with E-state index < -0.39 is 0 Å². The van der Waals surface area contributed by atoms with Gasteiger partial charge in [-0.15, -0.1) is 12.4 Å². The number of nitrogens with one attached hydrogen (secondary N) is 1. The van der Waals surface area contributed by atoms with E-state index in [1.165, 1.54) is 7.11 Å². The van der Waals surface area contributed by atoms with Crippen molar-refractivity contribution in [1.82, 2.24) is 5.32 Å². The van der Waals surface area contributed by atoms with E-state index in [1.54, 1.807) is 0 Å². The monoisotopic (exact) mass is 260 g/mol. The van der Waals surface area contributed by atoms with Crippen LogP contribution in [0, 0.1) is 11.8 Å². The molecule has 1 aliphatic rings. The third kappa shape index (κ3) is 2.94. The van der Waals surface area contributed by atoms with Crippen molar-refractivity contribution in [2.24, 2.45) is 17.6 Å². The molecule has 1 heterocycles. The quantitative estimate of drug-likeness (QED) is 0.745. The Hall–Kier alpha value is -1.16. The highest BCUT2D eigenvalue weighted by atomic mass is 35.5. The Balaban J connectivity index is 0.00000256. The van der Waals surface area contributed by atoms with Crippen LogP contribution in [0.1, 0.15) is 27.7 Å². The Morgan fingerprint density at radius 3 is 2.29 bits per heavy atom. The van der Waals surface area contributed by atoms with Gasteiger partial charge in [-0.25, -0.2) is 4.79 Å². The van der Waals surface area contributed by atoms with Crippen molar-refractivity contribution in [1.29, 1.82) is 0 Å². The number of dihydropyridines is 1. The predicted molar refractivity (Wildman–Crippen MR) is 70.3 cm³/mol. The molecule has 0 saturated heterocycles. The number of methoxy groups -OCH3 is 1. The van der Waals surface area contributed by atoms with Crippen LogP contribution in [-0.4, -0.2) is 13.1 Å². The summed E-state index contributed by atoms with van der Waals surface area (Å²) in [6.07, 6.45) is 0. The SMILES string of the molecule is COC(=O)C1=C(C)NC(C)=C(N)C1C(C)C.Cl. The first-order valence-corrected chi connectivity index (χ1v) is 5.42. The average molecular weight is 261 g/mol. The third-order valence-corrected chi connectivity index (χ3v) is 2.93. The smallest absolute Gasteiger partial charge is 0.336 e. The molecule has 17 heavy (non-hydrogen) atoms. The van der Waals surface area contributed by atoms with Gasteiger partial charge < -0.3 is 15.8 Å². The summed E-state index contributed by atoms with van der Waals surface area (Å²) in [5.74, 6) is -0.103. The molecule has 0 aliphatic carbocycles. The molecule has 1 aliphatic heterocycles. The molecule has 0 spiro atoms. The van der Waals surface area contributed by atoms with Gasteiger partial charge in [0.05, 0.1) is 12.7 Å². The minimum absolute atomic E-state index is 0. The van der Waals surface area contributed by atoms with Crippen LogP contribution in [0.25, 0.3) is 0 Å². The zero-order valence-electron chi connectivity index (χ0n) is 11.0. The van der Waals surface area contributed by atoms with Gasteiger partial charge in [-0.1, -0.05) is 13.8 Å². The second-order valence-corrected chi connectivity index (χ2v) is 4.46. The zero-order chi connectivity index (χ0) is 12.5. The Labute approximate surface area is 109 Å². The van der Waals surface area contributed by atoms with Crippen molar-refractivity contribution in [3.8, 4) is 0 Å². The highest BCUT2D eigenvalue weighted by Gasteiger charge is 2.32. The number of carbonyl (C=O) groups excluding carboxylic acids is 1. The number of ether oxygens (including phenoxy) is 1. The summed E-state index contributed by atoms with van der Waals surface area (Å²) in [6, 6.07) is 0. The first-order valence-electron chi connectivity index (χ1n) is 5.42. The number of halogens is 1. The molecule has 3 N–H and O–H groups in total. The molecular formula is C12H21ClN2O2. The molecule has 4 nitrogen and oxygen atoms in total. The topological polar surface area (TPSA) is 64.3 Å². The summed E-state index contributed by atoms with van der Waals surface area (Å²) < 4.78 is 4.81. The van der Waals surface area contributed by atoms with Crippen LogP contribution < -0.4 is 11.1 Å². The maximum atomic E-state index is 11.7. The van der Waals surface area contributed by atoms with Gasteiger partial charge in [0.2, 0.25) is 0 Å². The van der Waals surface area contributed by atoms with Crippen molar-refractivity contribution in [3.05, 3.63) is 22.7 Å². The van der Waals surface area contributed by atoms with E-state index in [4.69, 9.17) is 10.5 Å². The molecule has 0 aromatic heterocycles. The molecule has 5 heteroatoms. The van der Waals surface area contributed by atoms with Crippen LogP contribution in [0.3, 0.4) is 0 Å². The van der Waals surface area contributed by atoms with Crippen molar-refractivity contribution < 1.29 is 9.53 Å². The first-order chi connectivity index (χ1) is 7.40. The number of hydrogen-bond donors (Lipinski definition) is 2. The fourth-order valence-electron chi connectivity index (χ4n) is 2.13. The van der Waals surface area contributed by atoms with Gasteiger partial charge in [-0.2, -0.15) is 0 Å². The van der Waals surface area contributed by atoms with Crippen molar-refractivity contribution >= 4 is 18.4 Å². The normalized spacial score (nSPS) is 20.0. The maximum absolute atomic E-state index is 11.7. The van der Waals surface area contributed by atoms with E-state index in [-0.39, 0.29) is 30.2 Å². The predicted octanol–water partition coefficient (Wildman–Crippen LogP) is 1.92. The second-order valence-electron chi connectivity index (χ2n) is 4.46. The minimum Gasteiger partial charge on any atom is -0.466 e. The Morgan fingerprint density at radius 2 is 1.88 bits per heavy atom. The van der Waals surface area contributed by atoms with E-state index in [2.05, 4.69) is 5.32 Å². The van der Waals surface area contributed by atoms with Gasteiger partial charge >= 0.3 is 5.97 Å². The van der Waals surface area contributed by atoms with Crippen LogP contribution >= 0.6 is 12.4 Å². The van der Waals surface area contributed by atoms with E-state index in [1.807, 2.05) is 27.7 Å². The number of carbonyl (C=O) groups is 1. The summed E-state index contributed by atoms with van der Waals surface area (Å²) in [5.41, 5.74) is 9.16. The summed E-state index contributed by atoms with van der Waals surface area (Å²) in [6.45, 7) is 7.89. The molecule has 1 atom stereocenters. The zero-order valence-corrected chi connectivity index (χ0v) is 11.8. The lowest BCUT2D eigenvalue weighted by molar-refractivity contribution is -0.136. The lowest BCUT2D eigenvalue weighted by atomic mass is 9.82. The number of nitrogens with two attached hydrogens (primary N) is 1. The lowest BCUT2D eigenvalue weighted by Crippen LogP contribution is -2.35. The first kappa shape index (κ1) is 15.8. The summed E-state index contributed by atoms with van der Waals surface area (Å²) in [5, 5.41) is 3.11. The fourth-order valence-corrected chi connectivity index (χ4v) is 2.13. The van der Waals surface area contributed by atoms with E-state index >= 15 is 0 Å². The van der Waals surface area contributed by atoms with Gasteiger partial charge in [0.1, 0.15) is 0 Å². The molecule has 0 bridgehead atoms. The maximum Gasteiger partial charge on any atom is 0.336 e. The van der Waals surface area contributed by atoms with Crippen LogP contribution in [-0.2, 0) is 9.53 Å². The third-order valence-electron chi connectivity index (χ3n) is 2.93. The molecule has 0 saturated carbocycles. The Bertz CT molecular complexity index is 373. The Morgan fingerprint density at radius 1 is 1.35 bits per heavy atom. The molecule has 0 radical (unpaired) electrons. The highest BCUT2D eigenvalue weighted by molar-refractivity contribution is 5.90. The summed E-state index contributed by atoms with van der Waals surface area (Å²) in [4.78, 5) is 11.7. The number of rotatable bonds is 2. The van der Waals surface area contributed by atoms with Crippen molar-refractivity contribution in [2.75, 3.05) is 7.11 Å². The fraction of sp³-hybridized carbons (Fsp3) is 0.583. The molecule has 1 rings (SSSR count). The van der Waals surface area contributed by atoms with E-state index in [0.29, 0.717) is 5.57 Å². The number of allylic oxidation sites excluding steroid dienone is 3. The van der Waals surface area contributed by atoms with Gasteiger partial charge in [0, 0.05) is 23.0 Å². The molecule has 1 unspecified atom stereocenters. The molecule has 0 fully saturated rings. The molecule has 0 aromatic rings. The van der Waals surface area contributed by atoms with Crippen molar-refractivity contribution in [2.45, 2.75) is 27.7 Å². The summed E-state index contributed by atoms with van der Waals surface area (Å²) in [7, 11) is 1.39. The van der Waals surface area contributed by atoms with Crippen molar-refractivity contribution in [3.63, 3.8) is 0 Å². The van der Waals surface area contributed by atoms with Crippen LogP contribution in [0.2, 0.25) is 0 Å². The van der Waals surface area contributed by atoms with Crippen LogP contribution in [0.4, 0.5) is 0 Å². The van der Waals surface area contributed by atoms with E-state index in [9.17, 15) is 4.79 Å². The van der Waals surface area contributed by atoms with Gasteiger partial charge in [0.15, 0.2) is 0 Å². The van der Waals surface area contributed by atoms with Gasteiger partial charge in [0.25, 0.3) is 0 Å². The van der Waals surface area contributed by atoms with E-state index in [0.717, 1.165) is 17.1 Å². The number of hydrogen-bond acceptors (Lipinski definition) is 4. The molecule has 0 amide bonds. The highest BCUT2D eigenvalue weighted by Crippen LogP contribution is 2.32. The van der Waals surface area contributed by atoms with Gasteiger partial charge in [-0.05, 0) is 19.8 Å². The van der Waals surface area contributed by atoms with Crippen LogP contribution in [0.15, 0.2) is 22.7 Å². The van der Waals surface area contributed by atoms with Gasteiger partial charge in [-0.3, -0.25) is 0 Å². The largest absolute Gasteiger partial charge is 0.466 e. The standard InChI is InChI=1S/C12H20N2O2.ClH/c1-6(2)9-10(12(15)16-5)7(3)14-8(4)11(9)13;/h6,9,14H,13H2,1-5H3;1H. The number of esters is 1. The average Bonchev–Trinajstić information content (AvgIpc) is 2.21. The molecular weight excluding hydrogens is 240 g/mol. The van der Waals surface area contributed by atoms with Crippen LogP contribution in [0.5, 0.6) is 0 Å². The minimum atomic E-state index is -0.306. The lowest BCUT2D eigenvalue weighted by Gasteiger charge is -2.31. The molecule has 0 aromatic carbocycles. The molecule has 98 valence electrons.